The van der Waals surface area contributed by atoms with Crippen molar-refractivity contribution in [2.45, 2.75) is 25.3 Å². The van der Waals surface area contributed by atoms with E-state index in [2.05, 4.69) is 29.3 Å². The fourth-order valence-electron chi connectivity index (χ4n) is 3.21. The van der Waals surface area contributed by atoms with Crippen LogP contribution in [0.25, 0.3) is 0 Å². The predicted octanol–water partition coefficient (Wildman–Crippen LogP) is 4.62. The van der Waals surface area contributed by atoms with Crippen LogP contribution in [-0.4, -0.2) is 18.8 Å². The Labute approximate surface area is 160 Å². The third-order valence-corrected chi connectivity index (χ3v) is 4.65. The normalized spacial score (nSPS) is 15.5. The lowest BCUT2D eigenvalue weighted by Crippen LogP contribution is -2.34. The summed E-state index contributed by atoms with van der Waals surface area (Å²) in [5.41, 5.74) is 3.52. The van der Waals surface area contributed by atoms with Gasteiger partial charge in [-0.15, -0.1) is 0 Å². The average Bonchev–Trinajstić information content (AvgIpc) is 2.66. The Morgan fingerprint density at radius 1 is 1.27 bits per heavy atom. The largest absolute Gasteiger partial charge is 0.497 e. The van der Waals surface area contributed by atoms with Crippen molar-refractivity contribution in [3.8, 4) is 11.5 Å². The summed E-state index contributed by atoms with van der Waals surface area (Å²) >= 11 is 5.52. The van der Waals surface area contributed by atoms with Gasteiger partial charge in [0.2, 0.25) is 0 Å². The van der Waals surface area contributed by atoms with Crippen LogP contribution in [-0.2, 0) is 6.42 Å². The van der Waals surface area contributed by atoms with E-state index in [0.29, 0.717) is 11.7 Å². The minimum absolute atomic E-state index is 0.213. The molecule has 3 rings (SSSR count). The van der Waals surface area contributed by atoms with Gasteiger partial charge in [-0.05, 0) is 66.9 Å². The molecule has 2 N–H and O–H groups in total. The summed E-state index contributed by atoms with van der Waals surface area (Å²) in [6.45, 7) is 4.14. The van der Waals surface area contributed by atoms with Gasteiger partial charge < -0.3 is 20.1 Å². The molecular formula is C21H24N2O2S. The second kappa shape index (κ2) is 8.72. The van der Waals surface area contributed by atoms with E-state index in [4.69, 9.17) is 21.7 Å². The van der Waals surface area contributed by atoms with Crippen LogP contribution in [0.5, 0.6) is 11.5 Å². The van der Waals surface area contributed by atoms with Crippen LogP contribution in [0.3, 0.4) is 0 Å². The first-order valence-corrected chi connectivity index (χ1v) is 9.18. The van der Waals surface area contributed by atoms with Gasteiger partial charge >= 0.3 is 0 Å². The molecule has 5 heteroatoms. The zero-order valence-electron chi connectivity index (χ0n) is 15.0. The van der Waals surface area contributed by atoms with Crippen LogP contribution >= 0.6 is 12.2 Å². The molecule has 0 fully saturated rings. The van der Waals surface area contributed by atoms with Gasteiger partial charge in [-0.2, -0.15) is 0 Å². The lowest BCUT2D eigenvalue weighted by molar-refractivity contribution is 0.363. The summed E-state index contributed by atoms with van der Waals surface area (Å²) in [7, 11) is 1.70. The minimum Gasteiger partial charge on any atom is -0.497 e. The van der Waals surface area contributed by atoms with Crippen LogP contribution < -0.4 is 20.1 Å². The number of methoxy groups -OCH3 is 1. The van der Waals surface area contributed by atoms with Gasteiger partial charge in [0, 0.05) is 11.8 Å². The number of anilines is 1. The number of rotatable bonds is 6. The van der Waals surface area contributed by atoms with Crippen LogP contribution in [0.15, 0.2) is 55.1 Å². The minimum atomic E-state index is 0.213. The molecule has 2 aromatic carbocycles. The predicted molar refractivity (Wildman–Crippen MR) is 110 cm³/mol. The summed E-state index contributed by atoms with van der Waals surface area (Å²) in [4.78, 5) is 0. The standard InChI is InChI=1S/C21H24N2O2S/c1-3-12-25-18-8-5-7-16(14-18)22-21(26)23-20-9-4-6-15-13-17(24-2)10-11-19(15)20/h3,5,7-8,10-11,13-14,20H,1,4,6,9,12H2,2H3,(H2,22,23,26)/t20-/m1/s1. The first kappa shape index (κ1) is 18.3. The Hall–Kier alpha value is -2.53. The quantitative estimate of drug-likeness (QED) is 0.575. The van der Waals surface area contributed by atoms with Gasteiger partial charge in [-0.1, -0.05) is 24.8 Å². The number of fused-ring (bicyclic) bond motifs is 1. The highest BCUT2D eigenvalue weighted by Gasteiger charge is 2.21. The molecule has 0 saturated carbocycles. The molecule has 26 heavy (non-hydrogen) atoms. The number of thiocarbonyl (C=S) groups is 1. The molecule has 0 heterocycles. The Bertz CT molecular complexity index is 791. The third kappa shape index (κ3) is 4.55. The fourth-order valence-corrected chi connectivity index (χ4v) is 3.47. The molecule has 0 spiro atoms. The topological polar surface area (TPSA) is 42.5 Å². The van der Waals surface area contributed by atoms with E-state index >= 15 is 0 Å². The average molecular weight is 369 g/mol. The molecular weight excluding hydrogens is 344 g/mol. The van der Waals surface area contributed by atoms with E-state index in [1.165, 1.54) is 11.1 Å². The highest BCUT2D eigenvalue weighted by atomic mass is 32.1. The van der Waals surface area contributed by atoms with Crippen LogP contribution in [0, 0.1) is 0 Å². The highest BCUT2D eigenvalue weighted by Crippen LogP contribution is 2.32. The number of ether oxygens (including phenoxy) is 2. The van der Waals surface area contributed by atoms with Crippen LogP contribution in [0.2, 0.25) is 0 Å². The van der Waals surface area contributed by atoms with Crippen LogP contribution in [0.1, 0.15) is 30.0 Å². The third-order valence-electron chi connectivity index (χ3n) is 4.43. The molecule has 4 nitrogen and oxygen atoms in total. The molecule has 2 aromatic rings. The summed E-state index contributed by atoms with van der Waals surface area (Å²) in [6, 6.07) is 14.2. The highest BCUT2D eigenvalue weighted by molar-refractivity contribution is 7.80. The van der Waals surface area contributed by atoms with Crippen molar-refractivity contribution >= 4 is 23.0 Å². The second-order valence-electron chi connectivity index (χ2n) is 6.24. The number of hydrogen-bond acceptors (Lipinski definition) is 3. The van der Waals surface area contributed by atoms with E-state index in [0.717, 1.165) is 36.4 Å². The van der Waals surface area contributed by atoms with Crippen molar-refractivity contribution in [1.82, 2.24) is 5.32 Å². The molecule has 136 valence electrons. The molecule has 0 saturated heterocycles. The van der Waals surface area contributed by atoms with Crippen LogP contribution in [0.4, 0.5) is 5.69 Å². The van der Waals surface area contributed by atoms with E-state index in [9.17, 15) is 0 Å². The van der Waals surface area contributed by atoms with E-state index < -0.39 is 0 Å². The zero-order chi connectivity index (χ0) is 18.4. The molecule has 1 aliphatic rings. The van der Waals surface area contributed by atoms with Gasteiger partial charge in [0.1, 0.15) is 18.1 Å². The Morgan fingerprint density at radius 2 is 2.15 bits per heavy atom. The SMILES string of the molecule is C=CCOc1cccc(NC(=S)N[C@@H]2CCCc3cc(OC)ccc32)c1. The zero-order valence-corrected chi connectivity index (χ0v) is 15.8. The molecule has 0 aliphatic heterocycles. The Balaban J connectivity index is 1.65. The number of aryl methyl sites for hydroxylation is 1. The molecule has 1 aliphatic carbocycles. The maximum atomic E-state index is 5.56. The maximum Gasteiger partial charge on any atom is 0.171 e. The maximum absolute atomic E-state index is 5.56. The van der Waals surface area contributed by atoms with Crippen molar-refractivity contribution in [1.29, 1.82) is 0 Å². The molecule has 0 radical (unpaired) electrons. The van der Waals surface area contributed by atoms with Crippen molar-refractivity contribution in [3.63, 3.8) is 0 Å². The second-order valence-corrected chi connectivity index (χ2v) is 6.64. The fraction of sp³-hybridized carbons (Fsp3) is 0.286. The summed E-state index contributed by atoms with van der Waals surface area (Å²) in [6.07, 6.45) is 4.99. The summed E-state index contributed by atoms with van der Waals surface area (Å²) < 4.78 is 10.9. The van der Waals surface area contributed by atoms with E-state index in [1.54, 1.807) is 13.2 Å². The summed E-state index contributed by atoms with van der Waals surface area (Å²) in [5.74, 6) is 1.69. The summed E-state index contributed by atoms with van der Waals surface area (Å²) in [5, 5.41) is 7.31. The van der Waals surface area contributed by atoms with Crippen molar-refractivity contribution < 1.29 is 9.47 Å². The molecule has 0 bridgehead atoms. The van der Waals surface area contributed by atoms with Crippen molar-refractivity contribution in [3.05, 3.63) is 66.2 Å². The van der Waals surface area contributed by atoms with Gasteiger partial charge in [0.05, 0.1) is 13.2 Å². The lowest BCUT2D eigenvalue weighted by atomic mass is 9.87. The van der Waals surface area contributed by atoms with Crippen molar-refractivity contribution in [2.24, 2.45) is 0 Å². The van der Waals surface area contributed by atoms with E-state index in [1.807, 2.05) is 30.3 Å². The number of benzene rings is 2. The molecule has 0 aromatic heterocycles. The van der Waals surface area contributed by atoms with Crippen molar-refractivity contribution in [2.75, 3.05) is 19.0 Å². The molecule has 0 amide bonds. The first-order valence-electron chi connectivity index (χ1n) is 8.77. The van der Waals surface area contributed by atoms with E-state index in [-0.39, 0.29) is 6.04 Å². The lowest BCUT2D eigenvalue weighted by Gasteiger charge is -2.28. The first-order chi connectivity index (χ1) is 12.7. The smallest absolute Gasteiger partial charge is 0.171 e. The molecule has 1 atom stereocenters. The molecule has 0 unspecified atom stereocenters. The number of nitrogens with one attached hydrogen (secondary N) is 2. The van der Waals surface area contributed by atoms with Gasteiger partial charge in [0.25, 0.3) is 0 Å². The van der Waals surface area contributed by atoms with Gasteiger partial charge in [-0.25, -0.2) is 0 Å². The Morgan fingerprint density at radius 3 is 2.96 bits per heavy atom. The van der Waals surface area contributed by atoms with Gasteiger partial charge in [-0.3, -0.25) is 0 Å². The van der Waals surface area contributed by atoms with Gasteiger partial charge in [0.15, 0.2) is 5.11 Å². The number of hydrogen-bond donors (Lipinski definition) is 2. The Kier molecular flexibility index (Phi) is 6.12. The monoisotopic (exact) mass is 368 g/mol.